The minimum Gasteiger partial charge on any atom is -0.489 e. The number of ether oxygens (including phenoxy) is 3. The Morgan fingerprint density at radius 1 is 1.52 bits per heavy atom. The van der Waals surface area contributed by atoms with Crippen molar-refractivity contribution in [3.05, 3.63) is 42.0 Å². The molecule has 112 valence electrons. The van der Waals surface area contributed by atoms with Gasteiger partial charge in [0.1, 0.15) is 12.4 Å². The van der Waals surface area contributed by atoms with Crippen molar-refractivity contribution in [1.29, 1.82) is 0 Å². The van der Waals surface area contributed by atoms with Crippen LogP contribution in [-0.2, 0) is 15.3 Å². The second kappa shape index (κ2) is 5.28. The monoisotopic (exact) mass is 288 g/mol. The van der Waals surface area contributed by atoms with Crippen molar-refractivity contribution in [1.82, 2.24) is 0 Å². The number of carbonyl (C=O) groups is 1. The first kappa shape index (κ1) is 14.3. The highest BCUT2D eigenvalue weighted by atomic mass is 16.7. The summed E-state index contributed by atoms with van der Waals surface area (Å²) < 4.78 is 17.5. The molecule has 0 N–H and O–H groups in total. The Balaban J connectivity index is 2.13. The number of hydrogen-bond donors (Lipinski definition) is 0. The van der Waals surface area contributed by atoms with Crippen LogP contribution in [0.25, 0.3) is 0 Å². The third kappa shape index (κ3) is 2.10. The molecule has 21 heavy (non-hydrogen) atoms. The SMILES string of the molecule is C=CCOc1cccc2c1C(=O)CC1C[C@@H](C)OC21OC. The molecule has 1 fully saturated rings. The average Bonchev–Trinajstić information content (AvgIpc) is 2.81. The first-order valence-electron chi connectivity index (χ1n) is 7.25. The van der Waals surface area contributed by atoms with Crippen molar-refractivity contribution >= 4 is 5.78 Å². The van der Waals surface area contributed by atoms with Gasteiger partial charge in [0.25, 0.3) is 0 Å². The van der Waals surface area contributed by atoms with E-state index in [4.69, 9.17) is 14.2 Å². The van der Waals surface area contributed by atoms with Gasteiger partial charge in [0.2, 0.25) is 0 Å². The van der Waals surface area contributed by atoms with Crippen LogP contribution in [-0.4, -0.2) is 25.6 Å². The summed E-state index contributed by atoms with van der Waals surface area (Å²) in [7, 11) is 1.64. The fourth-order valence-corrected chi connectivity index (χ4v) is 3.53. The van der Waals surface area contributed by atoms with Crippen molar-refractivity contribution in [2.45, 2.75) is 31.7 Å². The van der Waals surface area contributed by atoms with Gasteiger partial charge < -0.3 is 14.2 Å². The Kier molecular flexibility index (Phi) is 3.59. The van der Waals surface area contributed by atoms with Crippen LogP contribution in [0, 0.1) is 5.92 Å². The highest BCUT2D eigenvalue weighted by Crippen LogP contribution is 2.52. The Hall–Kier alpha value is -1.65. The van der Waals surface area contributed by atoms with Crippen LogP contribution in [0.2, 0.25) is 0 Å². The average molecular weight is 288 g/mol. The topological polar surface area (TPSA) is 44.8 Å². The lowest BCUT2D eigenvalue weighted by Gasteiger charge is -2.38. The van der Waals surface area contributed by atoms with Crippen molar-refractivity contribution in [2.75, 3.05) is 13.7 Å². The largest absolute Gasteiger partial charge is 0.489 e. The van der Waals surface area contributed by atoms with Gasteiger partial charge in [0.05, 0.1) is 11.7 Å². The third-order valence-corrected chi connectivity index (χ3v) is 4.30. The summed E-state index contributed by atoms with van der Waals surface area (Å²) in [5, 5.41) is 0. The second-order valence-corrected chi connectivity index (χ2v) is 5.64. The number of carbonyl (C=O) groups excluding carboxylic acids is 1. The second-order valence-electron chi connectivity index (χ2n) is 5.64. The maximum absolute atomic E-state index is 12.6. The molecule has 1 aliphatic heterocycles. The van der Waals surface area contributed by atoms with E-state index in [2.05, 4.69) is 6.58 Å². The van der Waals surface area contributed by atoms with Crippen LogP contribution in [0.1, 0.15) is 35.7 Å². The van der Waals surface area contributed by atoms with E-state index < -0.39 is 5.79 Å². The Bertz CT molecular complexity index is 580. The summed E-state index contributed by atoms with van der Waals surface area (Å²) >= 11 is 0. The Morgan fingerprint density at radius 3 is 3.05 bits per heavy atom. The minimum atomic E-state index is -0.823. The summed E-state index contributed by atoms with van der Waals surface area (Å²) in [6.45, 7) is 6.02. The van der Waals surface area contributed by atoms with Gasteiger partial charge in [-0.1, -0.05) is 24.8 Å². The normalized spacial score (nSPS) is 30.7. The molecule has 2 aliphatic rings. The maximum Gasteiger partial charge on any atom is 0.199 e. The molecule has 0 saturated carbocycles. The molecular formula is C17H20O4. The van der Waals surface area contributed by atoms with E-state index in [1.807, 2.05) is 25.1 Å². The van der Waals surface area contributed by atoms with Gasteiger partial charge in [0, 0.05) is 25.0 Å². The lowest BCUT2D eigenvalue weighted by atomic mass is 9.77. The zero-order chi connectivity index (χ0) is 15.0. The molecule has 1 aromatic carbocycles. The van der Waals surface area contributed by atoms with Crippen LogP contribution in [0.3, 0.4) is 0 Å². The molecule has 1 aliphatic carbocycles. The lowest BCUT2D eigenvalue weighted by molar-refractivity contribution is -0.239. The summed E-state index contributed by atoms with van der Waals surface area (Å²) in [4.78, 5) is 12.6. The molecule has 3 rings (SSSR count). The Labute approximate surface area is 124 Å². The molecule has 1 saturated heterocycles. The smallest absolute Gasteiger partial charge is 0.199 e. The molecule has 3 atom stereocenters. The van der Waals surface area contributed by atoms with Crippen molar-refractivity contribution < 1.29 is 19.0 Å². The lowest BCUT2D eigenvalue weighted by Crippen LogP contribution is -2.41. The van der Waals surface area contributed by atoms with Crippen LogP contribution in [0.5, 0.6) is 5.75 Å². The molecule has 4 nitrogen and oxygen atoms in total. The van der Waals surface area contributed by atoms with Gasteiger partial charge in [-0.05, 0) is 19.4 Å². The van der Waals surface area contributed by atoms with Gasteiger partial charge in [-0.25, -0.2) is 0 Å². The van der Waals surface area contributed by atoms with E-state index in [9.17, 15) is 4.79 Å². The number of Topliss-reactive ketones (excluding diaryl/α,β-unsaturated/α-hetero) is 1. The molecule has 2 unspecified atom stereocenters. The van der Waals surface area contributed by atoms with E-state index in [0.29, 0.717) is 24.3 Å². The number of hydrogen-bond acceptors (Lipinski definition) is 4. The van der Waals surface area contributed by atoms with Crippen LogP contribution >= 0.6 is 0 Å². The van der Waals surface area contributed by atoms with E-state index in [1.54, 1.807) is 13.2 Å². The quantitative estimate of drug-likeness (QED) is 0.799. The molecule has 0 amide bonds. The first-order chi connectivity index (χ1) is 10.1. The molecule has 4 heteroatoms. The molecular weight excluding hydrogens is 268 g/mol. The third-order valence-electron chi connectivity index (χ3n) is 4.30. The molecule has 0 bridgehead atoms. The highest BCUT2D eigenvalue weighted by molar-refractivity contribution is 6.01. The van der Waals surface area contributed by atoms with Gasteiger partial charge in [0.15, 0.2) is 11.6 Å². The number of benzene rings is 1. The molecule has 0 spiro atoms. The van der Waals surface area contributed by atoms with Crippen molar-refractivity contribution in [3.8, 4) is 5.75 Å². The highest BCUT2D eigenvalue weighted by Gasteiger charge is 2.54. The van der Waals surface area contributed by atoms with Crippen LogP contribution < -0.4 is 4.74 Å². The fourth-order valence-electron chi connectivity index (χ4n) is 3.53. The van der Waals surface area contributed by atoms with E-state index in [-0.39, 0.29) is 17.8 Å². The van der Waals surface area contributed by atoms with Crippen molar-refractivity contribution in [3.63, 3.8) is 0 Å². The molecule has 1 aromatic rings. The summed E-state index contributed by atoms with van der Waals surface area (Å²) in [6, 6.07) is 5.59. The number of ketones is 1. The van der Waals surface area contributed by atoms with Gasteiger partial charge in [-0.3, -0.25) is 4.79 Å². The van der Waals surface area contributed by atoms with Gasteiger partial charge in [-0.2, -0.15) is 0 Å². The van der Waals surface area contributed by atoms with E-state index in [0.717, 1.165) is 12.0 Å². The summed E-state index contributed by atoms with van der Waals surface area (Å²) in [5.74, 6) is -0.0847. The minimum absolute atomic E-state index is 0.0622. The number of rotatable bonds is 4. The van der Waals surface area contributed by atoms with E-state index in [1.165, 1.54) is 0 Å². The van der Waals surface area contributed by atoms with Gasteiger partial charge >= 0.3 is 0 Å². The Morgan fingerprint density at radius 2 is 2.33 bits per heavy atom. The zero-order valence-corrected chi connectivity index (χ0v) is 12.4. The van der Waals surface area contributed by atoms with Crippen LogP contribution in [0.4, 0.5) is 0 Å². The zero-order valence-electron chi connectivity index (χ0n) is 12.4. The van der Waals surface area contributed by atoms with E-state index >= 15 is 0 Å². The number of fused-ring (bicyclic) bond motifs is 3. The predicted molar refractivity (Wildman–Crippen MR) is 78.4 cm³/mol. The van der Waals surface area contributed by atoms with Gasteiger partial charge in [-0.15, -0.1) is 0 Å². The first-order valence-corrected chi connectivity index (χ1v) is 7.25. The molecule has 1 heterocycles. The maximum atomic E-state index is 12.6. The summed E-state index contributed by atoms with van der Waals surface area (Å²) in [5.41, 5.74) is 1.38. The molecule has 0 aromatic heterocycles. The number of methoxy groups -OCH3 is 1. The van der Waals surface area contributed by atoms with Crippen molar-refractivity contribution in [2.24, 2.45) is 5.92 Å². The predicted octanol–water partition coefficient (Wildman–Crippen LogP) is 3.06. The van der Waals surface area contributed by atoms with Crippen LogP contribution in [0.15, 0.2) is 30.9 Å². The molecule has 0 radical (unpaired) electrons. The summed E-state index contributed by atoms with van der Waals surface area (Å²) in [6.07, 6.45) is 3.00. The fraction of sp³-hybridized carbons (Fsp3) is 0.471. The standard InChI is InChI=1S/C17H20O4/c1-4-8-20-15-7-5-6-13-16(15)14(18)10-12-9-11(2)21-17(12,13)19-3/h4-7,11-12H,1,8-10H2,2-3H3/t11-,12?,17?/m1/s1.